The molecule has 1 heterocycles. The second-order valence-corrected chi connectivity index (χ2v) is 4.88. The van der Waals surface area contributed by atoms with Crippen molar-refractivity contribution in [1.29, 1.82) is 0 Å². The van der Waals surface area contributed by atoms with E-state index in [1.165, 1.54) is 12.1 Å². The number of aromatic carboxylic acids is 1. The topological polar surface area (TPSA) is 81.5 Å². The number of carboxylic acid groups (broad SMARTS) is 1. The molecule has 1 N–H and O–H groups in total. The summed E-state index contributed by atoms with van der Waals surface area (Å²) in [5, 5.41) is 8.94. The standard InChI is InChI=1S/C18H14N2O4/c1-23-14-3-2-4-15(11-14)24-16-9-10-19-17(20-16)12-5-7-13(8-6-12)18(21)22/h2-11H,1H3,(H,21,22). The SMILES string of the molecule is COc1cccc(Oc2ccnc(-c3ccc(C(=O)O)cc3)n2)c1. The second-order valence-electron chi connectivity index (χ2n) is 4.88. The summed E-state index contributed by atoms with van der Waals surface area (Å²) in [6, 6.07) is 15.2. The lowest BCUT2D eigenvalue weighted by Gasteiger charge is -2.07. The largest absolute Gasteiger partial charge is 0.497 e. The summed E-state index contributed by atoms with van der Waals surface area (Å²) in [5.41, 5.74) is 0.915. The number of methoxy groups -OCH3 is 1. The van der Waals surface area contributed by atoms with Crippen molar-refractivity contribution < 1.29 is 19.4 Å². The van der Waals surface area contributed by atoms with Crippen LogP contribution in [-0.2, 0) is 0 Å². The average molecular weight is 322 g/mol. The number of carboxylic acids is 1. The Bertz CT molecular complexity index is 863. The maximum atomic E-state index is 10.9. The van der Waals surface area contributed by atoms with Gasteiger partial charge in [0, 0.05) is 23.9 Å². The highest BCUT2D eigenvalue weighted by Gasteiger charge is 2.07. The Morgan fingerprint density at radius 3 is 2.50 bits per heavy atom. The summed E-state index contributed by atoms with van der Waals surface area (Å²) in [6.07, 6.45) is 1.59. The van der Waals surface area contributed by atoms with Crippen molar-refractivity contribution in [2.75, 3.05) is 7.11 Å². The molecule has 0 unspecified atom stereocenters. The predicted octanol–water partition coefficient (Wildman–Crippen LogP) is 3.64. The first-order valence-corrected chi connectivity index (χ1v) is 7.14. The van der Waals surface area contributed by atoms with Crippen molar-refractivity contribution in [3.63, 3.8) is 0 Å². The maximum Gasteiger partial charge on any atom is 0.335 e. The van der Waals surface area contributed by atoms with Crippen molar-refractivity contribution in [2.24, 2.45) is 0 Å². The van der Waals surface area contributed by atoms with Gasteiger partial charge in [-0.2, -0.15) is 4.98 Å². The summed E-state index contributed by atoms with van der Waals surface area (Å²) in [5.74, 6) is 1.15. The molecule has 24 heavy (non-hydrogen) atoms. The van der Waals surface area contributed by atoms with Crippen LogP contribution in [-0.4, -0.2) is 28.2 Å². The van der Waals surface area contributed by atoms with Crippen LogP contribution in [0.1, 0.15) is 10.4 Å². The lowest BCUT2D eigenvalue weighted by atomic mass is 10.1. The third kappa shape index (κ3) is 3.49. The summed E-state index contributed by atoms with van der Waals surface area (Å²) < 4.78 is 10.9. The van der Waals surface area contributed by atoms with Gasteiger partial charge in [-0.1, -0.05) is 18.2 Å². The van der Waals surface area contributed by atoms with Crippen LogP contribution in [0.25, 0.3) is 11.4 Å². The van der Waals surface area contributed by atoms with Crippen molar-refractivity contribution in [2.45, 2.75) is 0 Å². The molecule has 0 radical (unpaired) electrons. The van der Waals surface area contributed by atoms with E-state index in [1.54, 1.807) is 43.6 Å². The molecule has 0 aliphatic rings. The second kappa shape index (κ2) is 6.78. The van der Waals surface area contributed by atoms with Gasteiger partial charge in [-0.15, -0.1) is 0 Å². The zero-order valence-corrected chi connectivity index (χ0v) is 12.8. The zero-order chi connectivity index (χ0) is 16.9. The molecular weight excluding hydrogens is 308 g/mol. The van der Waals surface area contributed by atoms with E-state index >= 15 is 0 Å². The van der Waals surface area contributed by atoms with Gasteiger partial charge in [-0.25, -0.2) is 9.78 Å². The first-order valence-electron chi connectivity index (χ1n) is 7.14. The Balaban J connectivity index is 1.84. The van der Waals surface area contributed by atoms with E-state index in [1.807, 2.05) is 12.1 Å². The third-order valence-corrected chi connectivity index (χ3v) is 3.28. The highest BCUT2D eigenvalue weighted by molar-refractivity contribution is 5.88. The molecule has 0 aliphatic heterocycles. The number of hydrogen-bond donors (Lipinski definition) is 1. The smallest absolute Gasteiger partial charge is 0.335 e. The van der Waals surface area contributed by atoms with Crippen LogP contribution in [0.2, 0.25) is 0 Å². The Kier molecular flexibility index (Phi) is 4.38. The number of aromatic nitrogens is 2. The van der Waals surface area contributed by atoms with Crippen LogP contribution in [0.3, 0.4) is 0 Å². The number of ether oxygens (including phenoxy) is 2. The number of carbonyl (C=O) groups is 1. The minimum Gasteiger partial charge on any atom is -0.497 e. The van der Waals surface area contributed by atoms with Gasteiger partial charge in [0.15, 0.2) is 5.82 Å². The molecule has 6 nitrogen and oxygen atoms in total. The van der Waals surface area contributed by atoms with Gasteiger partial charge in [-0.05, 0) is 24.3 Å². The molecule has 3 aromatic rings. The Hall–Kier alpha value is -3.41. The molecule has 0 saturated carbocycles. The summed E-state index contributed by atoms with van der Waals surface area (Å²) in [4.78, 5) is 19.4. The van der Waals surface area contributed by atoms with Gasteiger partial charge < -0.3 is 14.6 Å². The molecular formula is C18H14N2O4. The van der Waals surface area contributed by atoms with Crippen LogP contribution in [0.5, 0.6) is 17.4 Å². The van der Waals surface area contributed by atoms with Crippen molar-refractivity contribution in [1.82, 2.24) is 9.97 Å². The molecule has 1 aromatic heterocycles. The van der Waals surface area contributed by atoms with Crippen LogP contribution in [0.15, 0.2) is 60.8 Å². The van der Waals surface area contributed by atoms with Crippen molar-refractivity contribution in [3.05, 3.63) is 66.4 Å². The number of benzene rings is 2. The van der Waals surface area contributed by atoms with Crippen LogP contribution in [0.4, 0.5) is 0 Å². The lowest BCUT2D eigenvalue weighted by molar-refractivity contribution is 0.0697. The van der Waals surface area contributed by atoms with Crippen molar-refractivity contribution in [3.8, 4) is 28.8 Å². The molecule has 0 atom stereocenters. The van der Waals surface area contributed by atoms with E-state index in [0.717, 1.165) is 0 Å². The van der Waals surface area contributed by atoms with Crippen LogP contribution < -0.4 is 9.47 Å². The number of rotatable bonds is 5. The summed E-state index contributed by atoms with van der Waals surface area (Å²) in [6.45, 7) is 0. The molecule has 120 valence electrons. The first-order chi connectivity index (χ1) is 11.7. The van der Waals surface area contributed by atoms with Gasteiger partial charge in [0.05, 0.1) is 12.7 Å². The van der Waals surface area contributed by atoms with Gasteiger partial charge in [-0.3, -0.25) is 0 Å². The van der Waals surface area contributed by atoms with Crippen LogP contribution >= 0.6 is 0 Å². The molecule has 0 spiro atoms. The van der Waals surface area contributed by atoms with Crippen molar-refractivity contribution >= 4 is 5.97 Å². The normalized spacial score (nSPS) is 10.2. The van der Waals surface area contributed by atoms with E-state index in [2.05, 4.69) is 9.97 Å². The quantitative estimate of drug-likeness (QED) is 0.772. The average Bonchev–Trinajstić information content (AvgIpc) is 2.62. The summed E-state index contributed by atoms with van der Waals surface area (Å²) in [7, 11) is 1.59. The molecule has 0 bridgehead atoms. The number of hydrogen-bond acceptors (Lipinski definition) is 5. The summed E-state index contributed by atoms with van der Waals surface area (Å²) >= 11 is 0. The van der Waals surface area contributed by atoms with Gasteiger partial charge >= 0.3 is 5.97 Å². The Morgan fingerprint density at radius 1 is 1.04 bits per heavy atom. The predicted molar refractivity (Wildman–Crippen MR) is 87.5 cm³/mol. The molecule has 3 rings (SSSR count). The Labute approximate surface area is 138 Å². The van der Waals surface area contributed by atoms with Gasteiger partial charge in [0.2, 0.25) is 5.88 Å². The fourth-order valence-corrected chi connectivity index (χ4v) is 2.09. The van der Waals surface area contributed by atoms with E-state index < -0.39 is 5.97 Å². The zero-order valence-electron chi connectivity index (χ0n) is 12.8. The fraction of sp³-hybridized carbons (Fsp3) is 0.0556. The lowest BCUT2D eigenvalue weighted by Crippen LogP contribution is -1.96. The molecule has 0 amide bonds. The van der Waals surface area contributed by atoms with E-state index in [-0.39, 0.29) is 5.56 Å². The molecule has 0 aliphatic carbocycles. The minimum absolute atomic E-state index is 0.211. The highest BCUT2D eigenvalue weighted by atomic mass is 16.5. The van der Waals surface area contributed by atoms with Gasteiger partial charge in [0.1, 0.15) is 11.5 Å². The molecule has 6 heteroatoms. The monoisotopic (exact) mass is 322 g/mol. The first kappa shape index (κ1) is 15.5. The van der Waals surface area contributed by atoms with E-state index in [4.69, 9.17) is 14.6 Å². The van der Waals surface area contributed by atoms with Crippen LogP contribution in [0, 0.1) is 0 Å². The minimum atomic E-state index is -0.974. The van der Waals surface area contributed by atoms with E-state index in [9.17, 15) is 4.79 Å². The van der Waals surface area contributed by atoms with Gasteiger partial charge in [0.25, 0.3) is 0 Å². The maximum absolute atomic E-state index is 10.9. The number of nitrogens with zero attached hydrogens (tertiary/aromatic N) is 2. The third-order valence-electron chi connectivity index (χ3n) is 3.28. The van der Waals surface area contributed by atoms with E-state index in [0.29, 0.717) is 28.8 Å². The highest BCUT2D eigenvalue weighted by Crippen LogP contribution is 2.25. The molecule has 0 fully saturated rings. The Morgan fingerprint density at radius 2 is 1.79 bits per heavy atom. The molecule has 0 saturated heterocycles. The fourth-order valence-electron chi connectivity index (χ4n) is 2.09. The molecule has 2 aromatic carbocycles.